The monoisotopic (exact) mass is 240 g/mol. The predicted molar refractivity (Wildman–Crippen MR) is 73.1 cm³/mol. The zero-order valence-corrected chi connectivity index (χ0v) is 11.7. The van der Waals surface area contributed by atoms with Gasteiger partial charge in [0.25, 0.3) is 0 Å². The van der Waals surface area contributed by atoms with Crippen LogP contribution in [0.3, 0.4) is 0 Å². The molecule has 0 saturated carbocycles. The Bertz CT molecular complexity index is 249. The van der Waals surface area contributed by atoms with Crippen molar-refractivity contribution in [1.82, 2.24) is 4.90 Å². The van der Waals surface area contributed by atoms with Crippen LogP contribution in [0.5, 0.6) is 0 Å². The molecule has 0 amide bonds. The summed E-state index contributed by atoms with van der Waals surface area (Å²) in [4.78, 5) is 2.50. The Hall–Kier alpha value is -0.380. The van der Waals surface area contributed by atoms with Gasteiger partial charge in [0, 0.05) is 24.7 Å². The highest BCUT2D eigenvalue weighted by Crippen LogP contribution is 2.26. The van der Waals surface area contributed by atoms with Crippen molar-refractivity contribution in [2.75, 3.05) is 26.3 Å². The Morgan fingerprint density at radius 3 is 2.53 bits per heavy atom. The molecular formula is C14H28N2O. The van der Waals surface area contributed by atoms with Crippen LogP contribution in [0.1, 0.15) is 40.0 Å². The lowest BCUT2D eigenvalue weighted by molar-refractivity contribution is -0.0282. The van der Waals surface area contributed by atoms with Crippen LogP contribution < -0.4 is 5.73 Å². The summed E-state index contributed by atoms with van der Waals surface area (Å²) in [6.07, 6.45) is 3.14. The molecule has 3 nitrogen and oxygen atoms in total. The molecule has 2 unspecified atom stereocenters. The quantitative estimate of drug-likeness (QED) is 0.723. The number of allylic oxidation sites excluding steroid dienone is 1. The molecule has 1 fully saturated rings. The summed E-state index contributed by atoms with van der Waals surface area (Å²) in [6.45, 7) is 14.2. The van der Waals surface area contributed by atoms with Gasteiger partial charge in [-0.15, -0.1) is 6.58 Å². The van der Waals surface area contributed by atoms with Crippen molar-refractivity contribution in [3.8, 4) is 0 Å². The molecule has 17 heavy (non-hydrogen) atoms. The van der Waals surface area contributed by atoms with Gasteiger partial charge in [0.1, 0.15) is 0 Å². The van der Waals surface area contributed by atoms with E-state index in [-0.39, 0.29) is 11.6 Å². The van der Waals surface area contributed by atoms with Crippen molar-refractivity contribution in [2.45, 2.75) is 51.6 Å². The first-order valence-corrected chi connectivity index (χ1v) is 6.73. The fourth-order valence-electron chi connectivity index (χ4n) is 2.51. The second kappa shape index (κ2) is 6.53. The summed E-state index contributed by atoms with van der Waals surface area (Å²) >= 11 is 0. The van der Waals surface area contributed by atoms with E-state index in [0.29, 0.717) is 0 Å². The van der Waals surface area contributed by atoms with Gasteiger partial charge in [0.2, 0.25) is 0 Å². The minimum absolute atomic E-state index is 0.0965. The lowest BCUT2D eigenvalue weighted by atomic mass is 9.84. The van der Waals surface area contributed by atoms with Gasteiger partial charge in [-0.3, -0.25) is 4.90 Å². The fraction of sp³-hybridized carbons (Fsp3) is 0.857. The SMILES string of the molecule is C=C(C)CCC(N)C(C)(CC)N1CCOCC1. The maximum Gasteiger partial charge on any atom is 0.0594 e. The van der Waals surface area contributed by atoms with Gasteiger partial charge in [-0.25, -0.2) is 0 Å². The molecule has 0 aliphatic carbocycles. The lowest BCUT2D eigenvalue weighted by Crippen LogP contribution is -2.60. The molecule has 0 radical (unpaired) electrons. The number of nitrogens with two attached hydrogens (primary N) is 1. The third kappa shape index (κ3) is 3.80. The molecular weight excluding hydrogens is 212 g/mol. The molecule has 2 N–H and O–H groups in total. The van der Waals surface area contributed by atoms with Gasteiger partial charge in [-0.2, -0.15) is 0 Å². The Labute approximate surface area is 106 Å². The normalized spacial score (nSPS) is 23.1. The Kier molecular flexibility index (Phi) is 5.63. The first kappa shape index (κ1) is 14.7. The van der Waals surface area contributed by atoms with E-state index >= 15 is 0 Å². The molecule has 1 aliphatic rings. The van der Waals surface area contributed by atoms with E-state index in [1.807, 2.05) is 0 Å². The predicted octanol–water partition coefficient (Wildman–Crippen LogP) is 2.17. The molecule has 0 aromatic rings. The summed E-state index contributed by atoms with van der Waals surface area (Å²) in [6, 6.07) is 0.210. The Morgan fingerprint density at radius 2 is 2.06 bits per heavy atom. The van der Waals surface area contributed by atoms with Crippen LogP contribution in [0.25, 0.3) is 0 Å². The molecule has 100 valence electrons. The number of hydrogen-bond acceptors (Lipinski definition) is 3. The molecule has 1 aliphatic heterocycles. The minimum Gasteiger partial charge on any atom is -0.379 e. The summed E-state index contributed by atoms with van der Waals surface area (Å²) in [7, 11) is 0. The first-order valence-electron chi connectivity index (χ1n) is 6.73. The zero-order chi connectivity index (χ0) is 12.9. The number of nitrogens with zero attached hydrogens (tertiary/aromatic N) is 1. The summed E-state index contributed by atoms with van der Waals surface area (Å²) in [5.74, 6) is 0. The molecule has 1 rings (SSSR count). The van der Waals surface area contributed by atoms with Gasteiger partial charge in [0.05, 0.1) is 13.2 Å². The van der Waals surface area contributed by atoms with Crippen LogP contribution in [0.4, 0.5) is 0 Å². The van der Waals surface area contributed by atoms with E-state index in [9.17, 15) is 0 Å². The van der Waals surface area contributed by atoms with Gasteiger partial charge in [0.15, 0.2) is 0 Å². The van der Waals surface area contributed by atoms with Crippen LogP contribution in [-0.2, 0) is 4.74 Å². The molecule has 0 aromatic heterocycles. The van der Waals surface area contributed by atoms with E-state index in [1.165, 1.54) is 5.57 Å². The second-order valence-electron chi connectivity index (χ2n) is 5.41. The van der Waals surface area contributed by atoms with Crippen LogP contribution in [-0.4, -0.2) is 42.8 Å². The number of ether oxygens (including phenoxy) is 1. The van der Waals surface area contributed by atoms with Crippen molar-refractivity contribution in [2.24, 2.45) is 5.73 Å². The topological polar surface area (TPSA) is 38.5 Å². The highest BCUT2D eigenvalue weighted by Gasteiger charge is 2.36. The van der Waals surface area contributed by atoms with Crippen molar-refractivity contribution in [3.63, 3.8) is 0 Å². The molecule has 1 heterocycles. The Morgan fingerprint density at radius 1 is 1.47 bits per heavy atom. The Balaban J connectivity index is 2.61. The minimum atomic E-state index is 0.0965. The van der Waals surface area contributed by atoms with Crippen LogP contribution in [0.15, 0.2) is 12.2 Å². The largest absolute Gasteiger partial charge is 0.379 e. The third-order valence-corrected chi connectivity index (χ3v) is 4.13. The molecule has 0 aromatic carbocycles. The number of morpholine rings is 1. The summed E-state index contributed by atoms with van der Waals surface area (Å²) in [5.41, 5.74) is 7.74. The van der Waals surface area contributed by atoms with Crippen molar-refractivity contribution >= 4 is 0 Å². The van der Waals surface area contributed by atoms with E-state index in [4.69, 9.17) is 10.5 Å². The maximum atomic E-state index is 6.42. The van der Waals surface area contributed by atoms with Crippen molar-refractivity contribution < 1.29 is 4.74 Å². The van der Waals surface area contributed by atoms with Crippen LogP contribution in [0.2, 0.25) is 0 Å². The lowest BCUT2D eigenvalue weighted by Gasteiger charge is -2.46. The van der Waals surface area contributed by atoms with Crippen LogP contribution in [0, 0.1) is 0 Å². The first-order chi connectivity index (χ1) is 8.00. The number of hydrogen-bond donors (Lipinski definition) is 1. The van der Waals surface area contributed by atoms with E-state index < -0.39 is 0 Å². The standard InChI is InChI=1S/C14H28N2O/c1-5-14(4,13(15)7-6-12(2)3)16-8-10-17-11-9-16/h13H,2,5-11,15H2,1,3-4H3. The van der Waals surface area contributed by atoms with E-state index in [2.05, 4.69) is 32.3 Å². The van der Waals surface area contributed by atoms with Crippen LogP contribution >= 0.6 is 0 Å². The summed E-state index contributed by atoms with van der Waals surface area (Å²) < 4.78 is 5.42. The highest BCUT2D eigenvalue weighted by molar-refractivity contribution is 4.98. The molecule has 0 bridgehead atoms. The maximum absolute atomic E-state index is 6.42. The van der Waals surface area contributed by atoms with E-state index in [1.54, 1.807) is 0 Å². The second-order valence-corrected chi connectivity index (χ2v) is 5.41. The molecule has 0 spiro atoms. The smallest absolute Gasteiger partial charge is 0.0594 e. The highest BCUT2D eigenvalue weighted by atomic mass is 16.5. The molecule has 3 heteroatoms. The average Bonchev–Trinajstić information content (AvgIpc) is 2.35. The molecule has 1 saturated heterocycles. The van der Waals surface area contributed by atoms with Gasteiger partial charge in [-0.05, 0) is 33.1 Å². The fourth-order valence-corrected chi connectivity index (χ4v) is 2.51. The number of rotatable bonds is 6. The van der Waals surface area contributed by atoms with Crippen molar-refractivity contribution in [1.29, 1.82) is 0 Å². The van der Waals surface area contributed by atoms with Gasteiger partial charge < -0.3 is 10.5 Å². The van der Waals surface area contributed by atoms with Crippen molar-refractivity contribution in [3.05, 3.63) is 12.2 Å². The average molecular weight is 240 g/mol. The third-order valence-electron chi connectivity index (χ3n) is 4.13. The van der Waals surface area contributed by atoms with Gasteiger partial charge >= 0.3 is 0 Å². The zero-order valence-electron chi connectivity index (χ0n) is 11.7. The van der Waals surface area contributed by atoms with E-state index in [0.717, 1.165) is 45.6 Å². The molecule has 2 atom stereocenters. The van der Waals surface area contributed by atoms with Gasteiger partial charge in [-0.1, -0.05) is 12.5 Å². The summed E-state index contributed by atoms with van der Waals surface area (Å²) in [5, 5.41) is 0.